The molecule has 0 bridgehead atoms. The van der Waals surface area contributed by atoms with E-state index in [0.29, 0.717) is 12.1 Å². The average molecular weight is 266 g/mol. The van der Waals surface area contributed by atoms with Crippen LogP contribution in [0.3, 0.4) is 0 Å². The van der Waals surface area contributed by atoms with Crippen molar-refractivity contribution < 1.29 is 13.2 Å². The van der Waals surface area contributed by atoms with Gasteiger partial charge in [-0.2, -0.15) is 4.31 Å². The standard InChI is InChI=1S/C12H14N2O3S/c1-9-3-5-10(6-4-9)12-13-8-7-11(15)14(12)18(2,16)17/h3-6H,7-8H2,1-2H3. The van der Waals surface area contributed by atoms with Crippen LogP contribution >= 0.6 is 0 Å². The molecule has 18 heavy (non-hydrogen) atoms. The molecule has 1 aliphatic rings. The Kier molecular flexibility index (Phi) is 3.21. The lowest BCUT2D eigenvalue weighted by Gasteiger charge is -2.25. The van der Waals surface area contributed by atoms with Gasteiger partial charge in [0.1, 0.15) is 0 Å². The largest absolute Gasteiger partial charge is 0.273 e. The summed E-state index contributed by atoms with van der Waals surface area (Å²) in [5.41, 5.74) is 1.70. The highest BCUT2D eigenvalue weighted by Gasteiger charge is 2.31. The molecule has 2 rings (SSSR count). The molecule has 0 aromatic heterocycles. The summed E-state index contributed by atoms with van der Waals surface area (Å²) in [5, 5.41) is 0. The Balaban J connectivity index is 2.50. The molecule has 0 aliphatic carbocycles. The summed E-state index contributed by atoms with van der Waals surface area (Å²) in [4.78, 5) is 15.9. The summed E-state index contributed by atoms with van der Waals surface area (Å²) >= 11 is 0. The van der Waals surface area contributed by atoms with Gasteiger partial charge in [0.2, 0.25) is 15.9 Å². The molecule has 6 heteroatoms. The number of carbonyl (C=O) groups excluding carboxylic acids is 1. The third-order valence-electron chi connectivity index (χ3n) is 2.65. The first-order valence-electron chi connectivity index (χ1n) is 5.54. The number of benzene rings is 1. The van der Waals surface area contributed by atoms with E-state index in [0.717, 1.165) is 16.1 Å². The molecule has 0 unspecified atom stereocenters. The minimum Gasteiger partial charge on any atom is -0.273 e. The fourth-order valence-corrected chi connectivity index (χ4v) is 2.73. The zero-order valence-electron chi connectivity index (χ0n) is 10.3. The van der Waals surface area contributed by atoms with Gasteiger partial charge < -0.3 is 0 Å². The predicted molar refractivity (Wildman–Crippen MR) is 68.9 cm³/mol. The number of hydrogen-bond donors (Lipinski definition) is 0. The van der Waals surface area contributed by atoms with Crippen LogP contribution < -0.4 is 0 Å². The number of rotatable bonds is 2. The lowest BCUT2D eigenvalue weighted by Crippen LogP contribution is -2.44. The van der Waals surface area contributed by atoms with E-state index in [1.807, 2.05) is 19.1 Å². The summed E-state index contributed by atoms with van der Waals surface area (Å²) in [5.74, 6) is -0.211. The second-order valence-corrected chi connectivity index (χ2v) is 6.07. The molecule has 1 amide bonds. The van der Waals surface area contributed by atoms with Crippen LogP contribution in [0.25, 0.3) is 0 Å². The molecule has 0 saturated heterocycles. The van der Waals surface area contributed by atoms with E-state index in [9.17, 15) is 13.2 Å². The number of carbonyl (C=O) groups is 1. The molecule has 0 N–H and O–H groups in total. The third kappa shape index (κ3) is 2.43. The van der Waals surface area contributed by atoms with Crippen molar-refractivity contribution in [2.45, 2.75) is 13.3 Å². The first-order chi connectivity index (χ1) is 8.39. The van der Waals surface area contributed by atoms with Gasteiger partial charge in [0.15, 0.2) is 5.84 Å². The molecule has 0 spiro atoms. The molecule has 1 heterocycles. The van der Waals surface area contributed by atoms with Crippen LogP contribution in [0.5, 0.6) is 0 Å². The van der Waals surface area contributed by atoms with Crippen molar-refractivity contribution in [3.8, 4) is 0 Å². The molecular formula is C12H14N2O3S. The van der Waals surface area contributed by atoms with Crippen molar-refractivity contribution >= 4 is 21.8 Å². The van der Waals surface area contributed by atoms with E-state index >= 15 is 0 Å². The molecule has 5 nitrogen and oxygen atoms in total. The minimum atomic E-state index is -3.63. The maximum Gasteiger partial charge on any atom is 0.243 e. The number of aliphatic imine (C=N–C) groups is 1. The van der Waals surface area contributed by atoms with Crippen molar-refractivity contribution in [1.82, 2.24) is 4.31 Å². The van der Waals surface area contributed by atoms with Gasteiger partial charge in [-0.3, -0.25) is 9.79 Å². The highest BCUT2D eigenvalue weighted by Crippen LogP contribution is 2.16. The van der Waals surface area contributed by atoms with Crippen molar-refractivity contribution in [2.75, 3.05) is 12.8 Å². The second kappa shape index (κ2) is 4.53. The van der Waals surface area contributed by atoms with Crippen molar-refractivity contribution in [2.24, 2.45) is 4.99 Å². The van der Waals surface area contributed by atoms with Crippen LogP contribution in [-0.4, -0.2) is 37.3 Å². The number of aryl methyl sites for hydroxylation is 1. The molecule has 0 radical (unpaired) electrons. The number of nitrogens with zero attached hydrogens (tertiary/aromatic N) is 2. The lowest BCUT2D eigenvalue weighted by atomic mass is 10.1. The number of amidine groups is 1. The first kappa shape index (κ1) is 12.8. The molecule has 1 aromatic rings. The average Bonchev–Trinajstić information content (AvgIpc) is 2.28. The monoisotopic (exact) mass is 266 g/mol. The van der Waals surface area contributed by atoms with Gasteiger partial charge in [-0.15, -0.1) is 0 Å². The fourth-order valence-electron chi connectivity index (χ4n) is 1.79. The van der Waals surface area contributed by atoms with Gasteiger partial charge in [0, 0.05) is 12.0 Å². The summed E-state index contributed by atoms with van der Waals surface area (Å²) in [6.45, 7) is 2.26. The quantitative estimate of drug-likeness (QED) is 0.800. The molecule has 0 fully saturated rings. The van der Waals surface area contributed by atoms with Crippen LogP contribution in [0.4, 0.5) is 0 Å². The maximum atomic E-state index is 11.8. The summed E-state index contributed by atoms with van der Waals surface area (Å²) < 4.78 is 24.1. The van der Waals surface area contributed by atoms with Crippen LogP contribution in [0.15, 0.2) is 29.3 Å². The van der Waals surface area contributed by atoms with E-state index in [1.165, 1.54) is 0 Å². The Morgan fingerprint density at radius 1 is 1.22 bits per heavy atom. The Morgan fingerprint density at radius 3 is 2.39 bits per heavy atom. The number of amides is 1. The van der Waals surface area contributed by atoms with Gasteiger partial charge in [-0.1, -0.05) is 29.8 Å². The normalized spacial score (nSPS) is 16.7. The first-order valence-corrected chi connectivity index (χ1v) is 7.39. The Hall–Kier alpha value is -1.69. The highest BCUT2D eigenvalue weighted by atomic mass is 32.2. The van der Waals surface area contributed by atoms with E-state index in [1.54, 1.807) is 12.1 Å². The van der Waals surface area contributed by atoms with Crippen LogP contribution in [-0.2, 0) is 14.8 Å². The zero-order valence-corrected chi connectivity index (χ0v) is 11.1. The zero-order chi connectivity index (χ0) is 13.3. The molecule has 1 aromatic carbocycles. The second-order valence-electron chi connectivity index (χ2n) is 4.24. The highest BCUT2D eigenvalue weighted by molar-refractivity contribution is 7.89. The van der Waals surface area contributed by atoms with E-state index in [2.05, 4.69) is 4.99 Å². The number of hydrogen-bond acceptors (Lipinski definition) is 4. The van der Waals surface area contributed by atoms with Crippen LogP contribution in [0.2, 0.25) is 0 Å². The number of sulfonamides is 1. The molecular weight excluding hydrogens is 252 g/mol. The summed E-state index contributed by atoms with van der Waals surface area (Å²) in [6.07, 6.45) is 1.14. The Labute approximate surface area is 106 Å². The molecule has 0 saturated carbocycles. The van der Waals surface area contributed by atoms with Gasteiger partial charge in [-0.25, -0.2) is 8.42 Å². The smallest absolute Gasteiger partial charge is 0.243 e. The van der Waals surface area contributed by atoms with E-state index in [-0.39, 0.29) is 12.3 Å². The van der Waals surface area contributed by atoms with Crippen molar-refractivity contribution in [3.63, 3.8) is 0 Å². The SMILES string of the molecule is Cc1ccc(C2=NCCC(=O)N2S(C)(=O)=O)cc1. The van der Waals surface area contributed by atoms with Gasteiger partial charge in [-0.05, 0) is 6.92 Å². The third-order valence-corrected chi connectivity index (χ3v) is 3.69. The lowest BCUT2D eigenvalue weighted by molar-refractivity contribution is -0.124. The molecule has 0 atom stereocenters. The fraction of sp³-hybridized carbons (Fsp3) is 0.333. The Bertz CT molecular complexity index is 603. The van der Waals surface area contributed by atoms with Gasteiger partial charge in [0.25, 0.3) is 0 Å². The van der Waals surface area contributed by atoms with Crippen molar-refractivity contribution in [3.05, 3.63) is 35.4 Å². The minimum absolute atomic E-state index is 0.127. The van der Waals surface area contributed by atoms with Gasteiger partial charge >= 0.3 is 0 Å². The molecule has 1 aliphatic heterocycles. The van der Waals surface area contributed by atoms with E-state index < -0.39 is 15.9 Å². The summed E-state index contributed by atoms with van der Waals surface area (Å²) in [7, 11) is -3.63. The van der Waals surface area contributed by atoms with Crippen LogP contribution in [0.1, 0.15) is 17.5 Å². The topological polar surface area (TPSA) is 66.8 Å². The summed E-state index contributed by atoms with van der Waals surface area (Å²) in [6, 6.07) is 7.25. The molecule has 96 valence electrons. The Morgan fingerprint density at radius 2 is 1.83 bits per heavy atom. The van der Waals surface area contributed by atoms with Crippen molar-refractivity contribution in [1.29, 1.82) is 0 Å². The van der Waals surface area contributed by atoms with Crippen LogP contribution in [0, 0.1) is 6.92 Å². The van der Waals surface area contributed by atoms with E-state index in [4.69, 9.17) is 0 Å². The predicted octanol–water partition coefficient (Wildman–Crippen LogP) is 0.934. The maximum absolute atomic E-state index is 11.8. The van der Waals surface area contributed by atoms with Gasteiger partial charge in [0.05, 0.1) is 12.8 Å².